The minimum atomic E-state index is 0.698. The number of halogens is 1. The van der Waals surface area contributed by atoms with Gasteiger partial charge in [0.2, 0.25) is 0 Å². The largest absolute Gasteiger partial charge is 0.306 e. The van der Waals surface area contributed by atoms with Crippen molar-refractivity contribution < 1.29 is 0 Å². The van der Waals surface area contributed by atoms with Gasteiger partial charge in [0, 0.05) is 22.4 Å². The second-order valence-electron chi connectivity index (χ2n) is 3.47. The van der Waals surface area contributed by atoms with Crippen molar-refractivity contribution in [3.05, 3.63) is 64.4 Å². The van der Waals surface area contributed by atoms with E-state index in [1.807, 2.05) is 36.4 Å². The number of pyridine rings is 1. The molecule has 1 heterocycles. The predicted molar refractivity (Wildman–Crippen MR) is 72.8 cm³/mol. The summed E-state index contributed by atoms with van der Waals surface area (Å²) in [6.07, 6.45) is 5.34. The smallest absolute Gasteiger partial charge is 0.0581 e. The highest BCUT2D eigenvalue weighted by Crippen LogP contribution is 2.13. The van der Waals surface area contributed by atoms with Crippen molar-refractivity contribution in [3.8, 4) is 0 Å². The standard InChI is InChI=1S/C13H12BrN3/c14-13-4-2-1-3-12(13)10-17-16-9-11-5-7-15-8-6-11/h1-8,10,16H,9H2. The van der Waals surface area contributed by atoms with E-state index < -0.39 is 0 Å². The maximum Gasteiger partial charge on any atom is 0.0581 e. The molecule has 2 rings (SSSR count). The molecule has 1 aromatic carbocycles. The molecular formula is C13H12BrN3. The zero-order valence-electron chi connectivity index (χ0n) is 9.18. The number of hydrazone groups is 1. The first-order valence-electron chi connectivity index (χ1n) is 5.25. The van der Waals surface area contributed by atoms with Gasteiger partial charge in [0.25, 0.3) is 0 Å². The predicted octanol–water partition coefficient (Wildman–Crippen LogP) is 2.97. The Balaban J connectivity index is 1.89. The Morgan fingerprint density at radius 1 is 1.18 bits per heavy atom. The van der Waals surface area contributed by atoms with E-state index in [-0.39, 0.29) is 0 Å². The van der Waals surface area contributed by atoms with E-state index in [0.717, 1.165) is 15.6 Å². The molecule has 17 heavy (non-hydrogen) atoms. The fourth-order valence-electron chi connectivity index (χ4n) is 1.33. The van der Waals surface area contributed by atoms with Gasteiger partial charge in [-0.1, -0.05) is 34.1 Å². The number of hydrogen-bond acceptors (Lipinski definition) is 3. The molecule has 0 bridgehead atoms. The Morgan fingerprint density at radius 2 is 1.94 bits per heavy atom. The van der Waals surface area contributed by atoms with Crippen molar-refractivity contribution >= 4 is 22.1 Å². The van der Waals surface area contributed by atoms with Gasteiger partial charge < -0.3 is 5.43 Å². The molecule has 1 aromatic heterocycles. The van der Waals surface area contributed by atoms with E-state index in [1.165, 1.54) is 0 Å². The van der Waals surface area contributed by atoms with Gasteiger partial charge in [-0.15, -0.1) is 0 Å². The summed E-state index contributed by atoms with van der Waals surface area (Å²) in [5, 5.41) is 4.17. The zero-order valence-corrected chi connectivity index (χ0v) is 10.8. The van der Waals surface area contributed by atoms with Crippen LogP contribution in [0.2, 0.25) is 0 Å². The fourth-order valence-corrected chi connectivity index (χ4v) is 1.72. The second kappa shape index (κ2) is 6.15. The number of rotatable bonds is 4. The van der Waals surface area contributed by atoms with E-state index in [2.05, 4.69) is 31.4 Å². The molecule has 0 spiro atoms. The van der Waals surface area contributed by atoms with Gasteiger partial charge in [-0.2, -0.15) is 5.10 Å². The number of aromatic nitrogens is 1. The van der Waals surface area contributed by atoms with Crippen LogP contribution in [-0.4, -0.2) is 11.2 Å². The lowest BCUT2D eigenvalue weighted by molar-refractivity contribution is 0.747. The van der Waals surface area contributed by atoms with Gasteiger partial charge in [0.1, 0.15) is 0 Å². The summed E-state index contributed by atoms with van der Waals surface area (Å²) >= 11 is 3.47. The number of nitrogens with zero attached hydrogens (tertiary/aromatic N) is 2. The summed E-state index contributed by atoms with van der Waals surface area (Å²) in [5.41, 5.74) is 5.21. The van der Waals surface area contributed by atoms with Crippen LogP contribution in [0.4, 0.5) is 0 Å². The van der Waals surface area contributed by atoms with Crippen LogP contribution in [0.25, 0.3) is 0 Å². The molecule has 1 N–H and O–H groups in total. The molecule has 4 heteroatoms. The van der Waals surface area contributed by atoms with Crippen molar-refractivity contribution in [2.75, 3.05) is 0 Å². The highest BCUT2D eigenvalue weighted by Gasteiger charge is 1.93. The van der Waals surface area contributed by atoms with E-state index in [1.54, 1.807) is 18.6 Å². The van der Waals surface area contributed by atoms with Crippen LogP contribution in [-0.2, 0) is 6.54 Å². The summed E-state index contributed by atoms with van der Waals surface area (Å²) in [6, 6.07) is 11.9. The molecular weight excluding hydrogens is 278 g/mol. The quantitative estimate of drug-likeness (QED) is 0.694. The first kappa shape index (κ1) is 11.8. The lowest BCUT2D eigenvalue weighted by Gasteiger charge is -2.00. The molecule has 0 aliphatic heterocycles. The number of nitrogens with one attached hydrogen (secondary N) is 1. The maximum absolute atomic E-state index is 4.17. The summed E-state index contributed by atoms with van der Waals surface area (Å²) in [6.45, 7) is 0.698. The van der Waals surface area contributed by atoms with Crippen LogP contribution in [0.5, 0.6) is 0 Å². The summed E-state index contributed by atoms with van der Waals surface area (Å²) in [5.74, 6) is 0. The number of hydrogen-bond donors (Lipinski definition) is 1. The van der Waals surface area contributed by atoms with Crippen molar-refractivity contribution in [1.82, 2.24) is 10.4 Å². The molecule has 0 radical (unpaired) electrons. The average Bonchev–Trinajstić information content (AvgIpc) is 2.38. The highest BCUT2D eigenvalue weighted by molar-refractivity contribution is 9.10. The Bertz CT molecular complexity index is 497. The molecule has 0 aliphatic carbocycles. The van der Waals surface area contributed by atoms with Gasteiger partial charge in [0.15, 0.2) is 0 Å². The first-order chi connectivity index (χ1) is 8.36. The van der Waals surface area contributed by atoms with Crippen LogP contribution in [0.15, 0.2) is 58.4 Å². The third-order valence-corrected chi connectivity index (χ3v) is 2.95. The van der Waals surface area contributed by atoms with Crippen molar-refractivity contribution in [3.63, 3.8) is 0 Å². The number of benzene rings is 1. The lowest BCUT2D eigenvalue weighted by atomic mass is 10.2. The Hall–Kier alpha value is -1.68. The SMILES string of the molecule is Brc1ccccc1C=NNCc1ccncc1. The normalized spacial score (nSPS) is 10.6. The Kier molecular flexibility index (Phi) is 4.27. The monoisotopic (exact) mass is 289 g/mol. The van der Waals surface area contributed by atoms with Gasteiger partial charge in [0.05, 0.1) is 12.8 Å². The molecule has 0 saturated heterocycles. The van der Waals surface area contributed by atoms with Crippen LogP contribution in [0.3, 0.4) is 0 Å². The molecule has 0 atom stereocenters. The van der Waals surface area contributed by atoms with Gasteiger partial charge >= 0.3 is 0 Å². The first-order valence-corrected chi connectivity index (χ1v) is 6.05. The molecule has 3 nitrogen and oxygen atoms in total. The topological polar surface area (TPSA) is 37.3 Å². The van der Waals surface area contributed by atoms with E-state index >= 15 is 0 Å². The van der Waals surface area contributed by atoms with E-state index in [9.17, 15) is 0 Å². The van der Waals surface area contributed by atoms with Crippen LogP contribution < -0.4 is 5.43 Å². The Morgan fingerprint density at radius 3 is 2.71 bits per heavy atom. The van der Waals surface area contributed by atoms with Crippen LogP contribution in [0.1, 0.15) is 11.1 Å². The van der Waals surface area contributed by atoms with Crippen molar-refractivity contribution in [1.29, 1.82) is 0 Å². The van der Waals surface area contributed by atoms with Crippen LogP contribution in [0, 0.1) is 0 Å². The van der Waals surface area contributed by atoms with Gasteiger partial charge in [-0.25, -0.2) is 0 Å². The molecule has 2 aromatic rings. The third-order valence-electron chi connectivity index (χ3n) is 2.23. The van der Waals surface area contributed by atoms with Gasteiger partial charge in [-0.05, 0) is 23.8 Å². The van der Waals surface area contributed by atoms with E-state index in [4.69, 9.17) is 0 Å². The highest BCUT2D eigenvalue weighted by atomic mass is 79.9. The molecule has 0 unspecified atom stereocenters. The minimum absolute atomic E-state index is 0.698. The maximum atomic E-state index is 4.17. The summed E-state index contributed by atoms with van der Waals surface area (Å²) < 4.78 is 1.04. The van der Waals surface area contributed by atoms with Crippen molar-refractivity contribution in [2.45, 2.75) is 6.54 Å². The third kappa shape index (κ3) is 3.67. The summed E-state index contributed by atoms with van der Waals surface area (Å²) in [7, 11) is 0. The average molecular weight is 290 g/mol. The summed E-state index contributed by atoms with van der Waals surface area (Å²) in [4.78, 5) is 3.96. The van der Waals surface area contributed by atoms with Gasteiger partial charge in [-0.3, -0.25) is 4.98 Å². The molecule has 0 fully saturated rings. The minimum Gasteiger partial charge on any atom is -0.306 e. The van der Waals surface area contributed by atoms with Crippen LogP contribution >= 0.6 is 15.9 Å². The second-order valence-corrected chi connectivity index (χ2v) is 4.32. The van der Waals surface area contributed by atoms with E-state index in [0.29, 0.717) is 6.54 Å². The fraction of sp³-hybridized carbons (Fsp3) is 0.0769. The van der Waals surface area contributed by atoms with Crippen molar-refractivity contribution in [2.24, 2.45) is 5.10 Å². The molecule has 0 aliphatic rings. The molecule has 86 valence electrons. The zero-order chi connectivity index (χ0) is 11.9. The Labute approximate surface area is 109 Å². The molecule has 0 saturated carbocycles. The molecule has 0 amide bonds. The lowest BCUT2D eigenvalue weighted by Crippen LogP contribution is -2.05.